The molecule has 0 atom stereocenters. The van der Waals surface area contributed by atoms with Crippen molar-refractivity contribution >= 4 is 5.82 Å². The van der Waals surface area contributed by atoms with Gasteiger partial charge in [0.15, 0.2) is 0 Å². The van der Waals surface area contributed by atoms with E-state index >= 15 is 0 Å². The molecule has 0 saturated heterocycles. The second-order valence-electron chi connectivity index (χ2n) is 3.41. The first kappa shape index (κ1) is 8.81. The quantitative estimate of drug-likeness (QED) is 0.742. The van der Waals surface area contributed by atoms with Crippen molar-refractivity contribution in [2.24, 2.45) is 0 Å². The number of aryl methyl sites for hydroxylation is 2. The molecule has 0 amide bonds. The van der Waals surface area contributed by atoms with Crippen molar-refractivity contribution in [1.29, 1.82) is 0 Å². The molecule has 0 saturated carbocycles. The molecule has 2 N–H and O–H groups in total. The summed E-state index contributed by atoms with van der Waals surface area (Å²) in [6.45, 7) is 4.00. The zero-order valence-electron chi connectivity index (χ0n) is 8.36. The van der Waals surface area contributed by atoms with Crippen molar-refractivity contribution in [3.63, 3.8) is 0 Å². The van der Waals surface area contributed by atoms with Crippen LogP contribution in [-0.2, 0) is 0 Å². The molecule has 72 valence electrons. The third-order valence-electron chi connectivity index (χ3n) is 2.34. The maximum atomic E-state index is 5.90. The lowest BCUT2D eigenvalue weighted by molar-refractivity contribution is 0.883. The van der Waals surface area contributed by atoms with Crippen LogP contribution >= 0.6 is 0 Å². The van der Waals surface area contributed by atoms with Crippen LogP contribution in [0.2, 0.25) is 0 Å². The maximum absolute atomic E-state index is 5.90. The highest BCUT2D eigenvalue weighted by Crippen LogP contribution is 2.18. The molecule has 0 fully saturated rings. The number of para-hydroxylation sites is 1. The summed E-state index contributed by atoms with van der Waals surface area (Å²) in [5.41, 5.74) is 9.12. The molecule has 0 aliphatic heterocycles. The Balaban J connectivity index is 2.60. The Kier molecular flexibility index (Phi) is 2.00. The minimum atomic E-state index is 0.708. The highest BCUT2D eigenvalue weighted by atomic mass is 15.3. The first-order valence-electron chi connectivity index (χ1n) is 4.56. The molecule has 0 aliphatic carbocycles. The van der Waals surface area contributed by atoms with Crippen molar-refractivity contribution in [2.45, 2.75) is 13.8 Å². The fourth-order valence-corrected chi connectivity index (χ4v) is 1.43. The van der Waals surface area contributed by atoms with E-state index in [0.29, 0.717) is 5.82 Å². The summed E-state index contributed by atoms with van der Waals surface area (Å²) in [6.07, 6.45) is 1.78. The number of hydrogen-bond donors (Lipinski definition) is 1. The van der Waals surface area contributed by atoms with E-state index in [1.807, 2.05) is 38.1 Å². The van der Waals surface area contributed by atoms with Crippen LogP contribution in [0, 0.1) is 13.8 Å². The molecule has 2 rings (SSSR count). The van der Waals surface area contributed by atoms with Gasteiger partial charge in [-0.2, -0.15) is 5.10 Å². The average molecular weight is 187 g/mol. The van der Waals surface area contributed by atoms with Crippen LogP contribution in [-0.4, -0.2) is 9.78 Å². The number of aromatic nitrogens is 2. The van der Waals surface area contributed by atoms with Gasteiger partial charge in [-0.1, -0.05) is 18.2 Å². The number of hydrogen-bond acceptors (Lipinski definition) is 2. The maximum Gasteiger partial charge on any atom is 0.130 e. The minimum Gasteiger partial charge on any atom is -0.383 e. The molecule has 1 heterocycles. The van der Waals surface area contributed by atoms with Gasteiger partial charge in [-0.15, -0.1) is 0 Å². The van der Waals surface area contributed by atoms with E-state index in [1.165, 1.54) is 5.56 Å². The number of anilines is 1. The molecule has 0 unspecified atom stereocenters. The van der Waals surface area contributed by atoms with E-state index in [0.717, 1.165) is 11.3 Å². The fourth-order valence-electron chi connectivity index (χ4n) is 1.43. The summed E-state index contributed by atoms with van der Waals surface area (Å²) in [5, 5.41) is 4.24. The van der Waals surface area contributed by atoms with Gasteiger partial charge in [0.05, 0.1) is 11.9 Å². The Morgan fingerprint density at radius 1 is 1.14 bits per heavy atom. The number of nitrogens with two attached hydrogens (primary N) is 1. The van der Waals surface area contributed by atoms with Gasteiger partial charge in [0.2, 0.25) is 0 Å². The van der Waals surface area contributed by atoms with E-state index in [-0.39, 0.29) is 0 Å². The molecule has 0 bridgehead atoms. The normalized spacial score (nSPS) is 10.4. The van der Waals surface area contributed by atoms with Crippen LogP contribution in [0.4, 0.5) is 5.82 Å². The van der Waals surface area contributed by atoms with Crippen LogP contribution in [0.3, 0.4) is 0 Å². The van der Waals surface area contributed by atoms with Crippen LogP contribution in [0.1, 0.15) is 11.1 Å². The number of nitrogen functional groups attached to an aromatic ring is 1. The summed E-state index contributed by atoms with van der Waals surface area (Å²) < 4.78 is 1.77. The molecular weight excluding hydrogens is 174 g/mol. The highest BCUT2D eigenvalue weighted by Gasteiger charge is 2.06. The van der Waals surface area contributed by atoms with Crippen LogP contribution < -0.4 is 5.73 Å². The van der Waals surface area contributed by atoms with E-state index in [1.54, 1.807) is 10.9 Å². The summed E-state index contributed by atoms with van der Waals surface area (Å²) in [7, 11) is 0. The van der Waals surface area contributed by atoms with Gasteiger partial charge < -0.3 is 5.73 Å². The fraction of sp³-hybridized carbons (Fsp3) is 0.182. The molecule has 0 radical (unpaired) electrons. The molecule has 14 heavy (non-hydrogen) atoms. The summed E-state index contributed by atoms with van der Waals surface area (Å²) >= 11 is 0. The standard InChI is InChI=1S/C11H13N3/c1-8-5-3-4-6-10(8)14-11(12)9(2)7-13-14/h3-7H,12H2,1-2H3. The van der Waals surface area contributed by atoms with Gasteiger partial charge in [0.25, 0.3) is 0 Å². The molecule has 1 aromatic heterocycles. The second kappa shape index (κ2) is 3.18. The monoisotopic (exact) mass is 187 g/mol. The third-order valence-corrected chi connectivity index (χ3v) is 2.34. The Hall–Kier alpha value is -1.77. The first-order chi connectivity index (χ1) is 6.70. The minimum absolute atomic E-state index is 0.708. The smallest absolute Gasteiger partial charge is 0.130 e. The Labute approximate surface area is 83.2 Å². The lowest BCUT2D eigenvalue weighted by Crippen LogP contribution is -2.03. The van der Waals surface area contributed by atoms with Crippen molar-refractivity contribution in [3.05, 3.63) is 41.6 Å². The van der Waals surface area contributed by atoms with E-state index in [2.05, 4.69) is 5.10 Å². The summed E-state index contributed by atoms with van der Waals surface area (Å²) in [4.78, 5) is 0. The SMILES string of the molecule is Cc1ccccc1-n1ncc(C)c1N. The lowest BCUT2D eigenvalue weighted by Gasteiger charge is -2.07. The van der Waals surface area contributed by atoms with E-state index in [9.17, 15) is 0 Å². The number of benzene rings is 1. The molecule has 0 aliphatic rings. The summed E-state index contributed by atoms with van der Waals surface area (Å²) in [6, 6.07) is 8.05. The molecule has 3 nitrogen and oxygen atoms in total. The van der Waals surface area contributed by atoms with Gasteiger partial charge in [-0.3, -0.25) is 0 Å². The predicted octanol–water partition coefficient (Wildman–Crippen LogP) is 2.07. The van der Waals surface area contributed by atoms with Crippen LogP contribution in [0.5, 0.6) is 0 Å². The largest absolute Gasteiger partial charge is 0.383 e. The Morgan fingerprint density at radius 3 is 2.43 bits per heavy atom. The van der Waals surface area contributed by atoms with Gasteiger partial charge in [0.1, 0.15) is 5.82 Å². The Bertz CT molecular complexity index is 457. The van der Waals surface area contributed by atoms with Gasteiger partial charge in [-0.25, -0.2) is 4.68 Å². The van der Waals surface area contributed by atoms with Crippen molar-refractivity contribution in [3.8, 4) is 5.69 Å². The molecule has 3 heteroatoms. The third kappa shape index (κ3) is 1.27. The van der Waals surface area contributed by atoms with Gasteiger partial charge in [0, 0.05) is 5.56 Å². The van der Waals surface area contributed by atoms with Crippen molar-refractivity contribution < 1.29 is 0 Å². The van der Waals surface area contributed by atoms with Crippen molar-refractivity contribution in [1.82, 2.24) is 9.78 Å². The van der Waals surface area contributed by atoms with E-state index < -0.39 is 0 Å². The Morgan fingerprint density at radius 2 is 1.86 bits per heavy atom. The highest BCUT2D eigenvalue weighted by molar-refractivity contribution is 5.49. The van der Waals surface area contributed by atoms with E-state index in [4.69, 9.17) is 5.73 Å². The number of nitrogens with zero attached hydrogens (tertiary/aromatic N) is 2. The number of rotatable bonds is 1. The molecule has 0 spiro atoms. The zero-order chi connectivity index (χ0) is 10.1. The molecule has 2 aromatic rings. The molecule has 1 aromatic carbocycles. The second-order valence-corrected chi connectivity index (χ2v) is 3.41. The summed E-state index contributed by atoms with van der Waals surface area (Å²) in [5.74, 6) is 0.708. The lowest BCUT2D eigenvalue weighted by atomic mass is 10.2. The molecular formula is C11H13N3. The van der Waals surface area contributed by atoms with Gasteiger partial charge >= 0.3 is 0 Å². The van der Waals surface area contributed by atoms with Gasteiger partial charge in [-0.05, 0) is 25.5 Å². The van der Waals surface area contributed by atoms with Crippen molar-refractivity contribution in [2.75, 3.05) is 5.73 Å². The topological polar surface area (TPSA) is 43.8 Å². The first-order valence-corrected chi connectivity index (χ1v) is 4.56. The van der Waals surface area contributed by atoms with Crippen LogP contribution in [0.15, 0.2) is 30.5 Å². The zero-order valence-corrected chi connectivity index (χ0v) is 8.36. The van der Waals surface area contributed by atoms with Crippen LogP contribution in [0.25, 0.3) is 5.69 Å². The average Bonchev–Trinajstić information content (AvgIpc) is 2.49. The predicted molar refractivity (Wildman–Crippen MR) is 57.5 cm³/mol.